The van der Waals surface area contributed by atoms with Crippen LogP contribution in [-0.2, 0) is 14.3 Å². The maximum absolute atomic E-state index is 12.2. The summed E-state index contributed by atoms with van der Waals surface area (Å²) in [5.74, 6) is -1.37. The minimum Gasteiger partial charge on any atom is -0.465 e. The molecule has 1 heterocycles. The predicted octanol–water partition coefficient (Wildman–Crippen LogP) is 1.29. The molecule has 7 nitrogen and oxygen atoms in total. The Bertz CT molecular complexity index is 608. The van der Waals surface area contributed by atoms with E-state index in [2.05, 4.69) is 10.1 Å². The molecule has 0 unspecified atom stereocenters. The molecule has 124 valence electrons. The average molecular weight is 320 g/mol. The number of hydrogen-bond donors (Lipinski definition) is 1. The third kappa shape index (κ3) is 4.29. The van der Waals surface area contributed by atoms with Crippen LogP contribution in [0.15, 0.2) is 18.2 Å². The topological polar surface area (TPSA) is 84.9 Å². The van der Waals surface area contributed by atoms with Crippen molar-refractivity contribution in [3.8, 4) is 0 Å². The second-order valence-corrected chi connectivity index (χ2v) is 5.27. The number of carbonyl (C=O) groups excluding carboxylic acids is 3. The van der Waals surface area contributed by atoms with Crippen LogP contribution in [0.3, 0.4) is 0 Å². The van der Waals surface area contributed by atoms with Gasteiger partial charge in [-0.15, -0.1) is 0 Å². The maximum Gasteiger partial charge on any atom is 0.339 e. The molecule has 2 rings (SSSR count). The van der Waals surface area contributed by atoms with Gasteiger partial charge < -0.3 is 14.8 Å². The summed E-state index contributed by atoms with van der Waals surface area (Å²) in [5, 5.41) is 2.68. The van der Waals surface area contributed by atoms with Crippen molar-refractivity contribution in [2.75, 3.05) is 39.2 Å². The van der Waals surface area contributed by atoms with Crippen molar-refractivity contribution in [1.82, 2.24) is 4.90 Å². The van der Waals surface area contributed by atoms with E-state index in [0.29, 0.717) is 0 Å². The number of nitrogens with one attached hydrogen (secondary N) is 1. The lowest BCUT2D eigenvalue weighted by atomic mass is 10.1. The number of ether oxygens (including phenoxy) is 2. The van der Waals surface area contributed by atoms with E-state index in [4.69, 9.17) is 4.74 Å². The Morgan fingerprint density at radius 2 is 1.74 bits per heavy atom. The predicted molar refractivity (Wildman–Crippen MR) is 83.4 cm³/mol. The summed E-state index contributed by atoms with van der Waals surface area (Å²) in [5.41, 5.74) is 0.676. The molecular formula is C16H20N2O5. The van der Waals surface area contributed by atoms with Crippen LogP contribution < -0.4 is 5.32 Å². The summed E-state index contributed by atoms with van der Waals surface area (Å²) >= 11 is 0. The van der Waals surface area contributed by atoms with Crippen molar-refractivity contribution >= 4 is 23.5 Å². The molecule has 0 bridgehead atoms. The van der Waals surface area contributed by atoms with Gasteiger partial charge in [0.25, 0.3) is 0 Å². The zero-order valence-corrected chi connectivity index (χ0v) is 13.3. The van der Waals surface area contributed by atoms with E-state index in [1.165, 1.54) is 32.4 Å². The van der Waals surface area contributed by atoms with Gasteiger partial charge in [0.15, 0.2) is 0 Å². The van der Waals surface area contributed by atoms with Crippen molar-refractivity contribution < 1.29 is 23.9 Å². The van der Waals surface area contributed by atoms with Crippen LogP contribution >= 0.6 is 0 Å². The van der Waals surface area contributed by atoms with E-state index in [1.807, 2.05) is 4.90 Å². The molecule has 23 heavy (non-hydrogen) atoms. The van der Waals surface area contributed by atoms with Crippen LogP contribution in [0, 0.1) is 0 Å². The Labute approximate surface area is 134 Å². The van der Waals surface area contributed by atoms with Gasteiger partial charge in [0.1, 0.15) is 0 Å². The molecule has 0 atom stereocenters. The van der Waals surface area contributed by atoms with Crippen LogP contribution in [0.1, 0.15) is 33.6 Å². The van der Waals surface area contributed by atoms with Crippen molar-refractivity contribution in [2.24, 2.45) is 0 Å². The van der Waals surface area contributed by atoms with Gasteiger partial charge in [-0.25, -0.2) is 9.59 Å². The SMILES string of the molecule is COC(=O)c1ccc(C(=O)OC)c(NC(=O)CN2CCCC2)c1. The highest BCUT2D eigenvalue weighted by molar-refractivity contribution is 6.03. The minimum atomic E-state index is -0.585. The first-order valence-electron chi connectivity index (χ1n) is 7.38. The quantitative estimate of drug-likeness (QED) is 0.823. The highest BCUT2D eigenvalue weighted by Crippen LogP contribution is 2.20. The van der Waals surface area contributed by atoms with Gasteiger partial charge in [-0.2, -0.15) is 0 Å². The largest absolute Gasteiger partial charge is 0.465 e. The molecule has 0 aromatic heterocycles. The number of hydrogen-bond acceptors (Lipinski definition) is 6. The molecule has 1 aromatic carbocycles. The summed E-state index contributed by atoms with van der Waals surface area (Å²) in [4.78, 5) is 37.6. The van der Waals surface area contributed by atoms with Gasteiger partial charge in [-0.1, -0.05) is 0 Å². The third-order valence-electron chi connectivity index (χ3n) is 3.69. The molecule has 1 saturated heterocycles. The Morgan fingerprint density at radius 3 is 2.35 bits per heavy atom. The number of esters is 2. The number of likely N-dealkylation sites (tertiary alicyclic amines) is 1. The number of amides is 1. The van der Waals surface area contributed by atoms with Gasteiger partial charge in [0.2, 0.25) is 5.91 Å². The van der Waals surface area contributed by atoms with Crippen LogP contribution in [0.25, 0.3) is 0 Å². The molecule has 0 spiro atoms. The molecule has 0 saturated carbocycles. The van der Waals surface area contributed by atoms with E-state index < -0.39 is 11.9 Å². The molecule has 1 aliphatic rings. The standard InChI is InChI=1S/C16H20N2O5/c1-22-15(20)11-5-6-12(16(21)23-2)13(9-11)17-14(19)10-18-7-3-4-8-18/h5-6,9H,3-4,7-8,10H2,1-2H3,(H,17,19). The molecule has 0 radical (unpaired) electrons. The molecule has 7 heteroatoms. The summed E-state index contributed by atoms with van der Waals surface area (Å²) in [7, 11) is 2.52. The van der Waals surface area contributed by atoms with E-state index in [0.717, 1.165) is 25.9 Å². The number of anilines is 1. The fourth-order valence-electron chi connectivity index (χ4n) is 2.51. The molecule has 1 aliphatic heterocycles. The van der Waals surface area contributed by atoms with Crippen molar-refractivity contribution in [1.29, 1.82) is 0 Å². The highest BCUT2D eigenvalue weighted by atomic mass is 16.5. The van der Waals surface area contributed by atoms with Crippen molar-refractivity contribution in [3.05, 3.63) is 29.3 Å². The Morgan fingerprint density at radius 1 is 1.09 bits per heavy atom. The van der Waals surface area contributed by atoms with Gasteiger partial charge in [0, 0.05) is 0 Å². The Balaban J connectivity index is 2.19. The van der Waals surface area contributed by atoms with Gasteiger partial charge in [-0.3, -0.25) is 9.69 Å². The lowest BCUT2D eigenvalue weighted by Gasteiger charge is -2.16. The fourth-order valence-corrected chi connectivity index (χ4v) is 2.51. The van der Waals surface area contributed by atoms with Crippen molar-refractivity contribution in [3.63, 3.8) is 0 Å². The fraction of sp³-hybridized carbons (Fsp3) is 0.438. The monoisotopic (exact) mass is 320 g/mol. The molecule has 0 aliphatic carbocycles. The highest BCUT2D eigenvalue weighted by Gasteiger charge is 2.19. The first-order valence-corrected chi connectivity index (χ1v) is 7.38. The van der Waals surface area contributed by atoms with Crippen LogP contribution in [0.4, 0.5) is 5.69 Å². The normalized spacial score (nSPS) is 14.3. The lowest BCUT2D eigenvalue weighted by molar-refractivity contribution is -0.117. The van der Waals surface area contributed by atoms with Crippen LogP contribution in [-0.4, -0.2) is 56.6 Å². The summed E-state index contributed by atoms with van der Waals surface area (Å²) in [6.45, 7) is 2.03. The second-order valence-electron chi connectivity index (χ2n) is 5.27. The molecule has 1 aromatic rings. The first kappa shape index (κ1) is 17.0. The lowest BCUT2D eigenvalue weighted by Crippen LogP contribution is -2.31. The summed E-state index contributed by atoms with van der Waals surface area (Å²) in [6, 6.07) is 4.30. The number of nitrogens with zero attached hydrogens (tertiary/aromatic N) is 1. The molecular weight excluding hydrogens is 300 g/mol. The number of methoxy groups -OCH3 is 2. The smallest absolute Gasteiger partial charge is 0.339 e. The first-order chi connectivity index (χ1) is 11.0. The van der Waals surface area contributed by atoms with Gasteiger partial charge in [-0.05, 0) is 44.1 Å². The zero-order chi connectivity index (χ0) is 16.8. The average Bonchev–Trinajstić information content (AvgIpc) is 3.06. The van der Waals surface area contributed by atoms with Gasteiger partial charge in [0.05, 0.1) is 37.6 Å². The zero-order valence-electron chi connectivity index (χ0n) is 13.3. The van der Waals surface area contributed by atoms with E-state index >= 15 is 0 Å². The van der Waals surface area contributed by atoms with E-state index in [9.17, 15) is 14.4 Å². The summed E-state index contributed by atoms with van der Waals surface area (Å²) in [6.07, 6.45) is 2.16. The van der Waals surface area contributed by atoms with E-state index in [-0.39, 0.29) is 29.3 Å². The maximum atomic E-state index is 12.2. The number of rotatable bonds is 5. The van der Waals surface area contributed by atoms with Crippen LogP contribution in [0.5, 0.6) is 0 Å². The second kappa shape index (κ2) is 7.73. The van der Waals surface area contributed by atoms with Crippen LogP contribution in [0.2, 0.25) is 0 Å². The minimum absolute atomic E-state index is 0.190. The number of carbonyl (C=O) groups is 3. The molecule has 1 amide bonds. The Kier molecular flexibility index (Phi) is 5.70. The summed E-state index contributed by atoms with van der Waals surface area (Å²) < 4.78 is 9.36. The number of benzene rings is 1. The Hall–Kier alpha value is -2.41. The van der Waals surface area contributed by atoms with Crippen molar-refractivity contribution in [2.45, 2.75) is 12.8 Å². The third-order valence-corrected chi connectivity index (χ3v) is 3.69. The van der Waals surface area contributed by atoms with E-state index in [1.54, 1.807) is 0 Å². The molecule has 1 fully saturated rings. The van der Waals surface area contributed by atoms with Gasteiger partial charge >= 0.3 is 11.9 Å². The molecule has 1 N–H and O–H groups in total.